The second-order valence-corrected chi connectivity index (χ2v) is 6.42. The fourth-order valence-corrected chi connectivity index (χ4v) is 3.35. The quantitative estimate of drug-likeness (QED) is 0.401. The number of ether oxygens (including phenoxy) is 3. The van der Waals surface area contributed by atoms with E-state index >= 15 is 0 Å². The minimum atomic E-state index is -0.339. The summed E-state index contributed by atoms with van der Waals surface area (Å²) >= 11 is 0. The molecular weight excluding hydrogens is 433 g/mol. The van der Waals surface area contributed by atoms with Crippen LogP contribution in [0.2, 0.25) is 0 Å². The maximum absolute atomic E-state index is 6.12. The molecule has 1 heterocycles. The predicted octanol–water partition coefficient (Wildman–Crippen LogP) is 2.79. The van der Waals surface area contributed by atoms with Crippen molar-refractivity contribution in [3.63, 3.8) is 0 Å². The Kier molecular flexibility index (Phi) is 7.77. The molecule has 3 N–H and O–H groups in total. The lowest BCUT2D eigenvalue weighted by Crippen LogP contribution is -2.40. The Morgan fingerprint density at radius 1 is 1.32 bits per heavy atom. The average molecular weight is 461 g/mol. The Labute approximate surface area is 166 Å². The van der Waals surface area contributed by atoms with Crippen LogP contribution in [0.4, 0.5) is 0 Å². The number of halogens is 1. The van der Waals surface area contributed by atoms with Crippen molar-refractivity contribution in [2.45, 2.75) is 50.5 Å². The maximum Gasteiger partial charge on any atom is 0.189 e. The van der Waals surface area contributed by atoms with Crippen molar-refractivity contribution >= 4 is 29.9 Å². The van der Waals surface area contributed by atoms with E-state index in [9.17, 15) is 0 Å². The number of methoxy groups -OCH3 is 1. The molecule has 1 spiro atoms. The van der Waals surface area contributed by atoms with Gasteiger partial charge in [0, 0.05) is 24.9 Å². The van der Waals surface area contributed by atoms with Crippen LogP contribution in [0, 0.1) is 0 Å². The molecule has 0 radical (unpaired) electrons. The fraction of sp³-hybridized carbons (Fsp3) is 0.611. The lowest BCUT2D eigenvalue weighted by Gasteiger charge is -2.31. The lowest BCUT2D eigenvalue weighted by atomic mass is 9.94. The van der Waals surface area contributed by atoms with Gasteiger partial charge in [-0.15, -0.1) is 24.0 Å². The van der Waals surface area contributed by atoms with Gasteiger partial charge in [-0.25, -0.2) is 4.99 Å². The van der Waals surface area contributed by atoms with Crippen molar-refractivity contribution in [3.05, 3.63) is 29.8 Å². The summed E-state index contributed by atoms with van der Waals surface area (Å²) in [6, 6.07) is 7.80. The monoisotopic (exact) mass is 461 g/mol. The van der Waals surface area contributed by atoms with E-state index in [1.165, 1.54) is 19.3 Å². The van der Waals surface area contributed by atoms with Gasteiger partial charge in [-0.2, -0.15) is 0 Å². The summed E-state index contributed by atoms with van der Waals surface area (Å²) in [6.07, 6.45) is 5.68. The zero-order valence-electron chi connectivity index (χ0n) is 14.7. The molecule has 1 aliphatic carbocycles. The van der Waals surface area contributed by atoms with Gasteiger partial charge in [0.2, 0.25) is 0 Å². The van der Waals surface area contributed by atoms with Crippen LogP contribution in [0.15, 0.2) is 29.3 Å². The Morgan fingerprint density at radius 3 is 2.84 bits per heavy atom. The van der Waals surface area contributed by atoms with Crippen LogP contribution in [0.1, 0.15) is 37.7 Å². The number of nitrogens with two attached hydrogens (primary N) is 1. The molecule has 1 atom stereocenters. The van der Waals surface area contributed by atoms with E-state index in [0.29, 0.717) is 25.7 Å². The molecule has 0 bridgehead atoms. The van der Waals surface area contributed by atoms with Crippen molar-refractivity contribution in [3.8, 4) is 5.75 Å². The minimum Gasteiger partial charge on any atom is -0.496 e. The van der Waals surface area contributed by atoms with Crippen molar-refractivity contribution in [2.75, 3.05) is 20.3 Å². The Hall–Kier alpha value is -1.06. The molecule has 1 aromatic carbocycles. The fourth-order valence-electron chi connectivity index (χ4n) is 3.35. The number of hydrogen-bond acceptors (Lipinski definition) is 4. The summed E-state index contributed by atoms with van der Waals surface area (Å²) in [5, 5.41) is 3.14. The van der Waals surface area contributed by atoms with Crippen LogP contribution in [0.5, 0.6) is 5.75 Å². The first-order valence-electron chi connectivity index (χ1n) is 8.68. The van der Waals surface area contributed by atoms with Gasteiger partial charge in [0.05, 0.1) is 20.3 Å². The van der Waals surface area contributed by atoms with Gasteiger partial charge in [0.1, 0.15) is 11.9 Å². The van der Waals surface area contributed by atoms with E-state index in [1.807, 2.05) is 24.3 Å². The summed E-state index contributed by atoms with van der Waals surface area (Å²) < 4.78 is 17.4. The molecule has 25 heavy (non-hydrogen) atoms. The van der Waals surface area contributed by atoms with Gasteiger partial charge in [-0.05, 0) is 18.9 Å². The molecule has 2 fully saturated rings. The second kappa shape index (κ2) is 9.59. The van der Waals surface area contributed by atoms with Crippen molar-refractivity contribution in [2.24, 2.45) is 10.7 Å². The SMILES string of the molecule is COc1ccccc1CN=C(N)NCC1COC2(CCCCC2)O1.I. The summed E-state index contributed by atoms with van der Waals surface area (Å²) in [4.78, 5) is 4.37. The standard InChI is InChI=1S/C18H27N3O3.HI/c1-22-16-8-4-3-7-14(16)11-20-17(19)21-12-15-13-23-18(24-15)9-5-2-6-10-18;/h3-4,7-8,15H,2,5-6,9-13H2,1H3,(H3,19,20,21);1H. The average Bonchev–Trinajstić information content (AvgIpc) is 3.01. The van der Waals surface area contributed by atoms with Crippen molar-refractivity contribution < 1.29 is 14.2 Å². The van der Waals surface area contributed by atoms with Crippen LogP contribution in [0.3, 0.4) is 0 Å². The summed E-state index contributed by atoms with van der Waals surface area (Å²) in [5.41, 5.74) is 6.97. The highest BCUT2D eigenvalue weighted by molar-refractivity contribution is 14.0. The van der Waals surface area contributed by atoms with Crippen LogP contribution < -0.4 is 15.8 Å². The Bertz CT molecular complexity index is 576. The molecule has 1 unspecified atom stereocenters. The first-order valence-corrected chi connectivity index (χ1v) is 8.68. The van der Waals surface area contributed by atoms with Crippen LogP contribution >= 0.6 is 24.0 Å². The van der Waals surface area contributed by atoms with E-state index in [4.69, 9.17) is 19.9 Å². The van der Waals surface area contributed by atoms with Gasteiger partial charge < -0.3 is 25.3 Å². The lowest BCUT2D eigenvalue weighted by molar-refractivity contribution is -0.186. The van der Waals surface area contributed by atoms with Gasteiger partial charge in [-0.3, -0.25) is 0 Å². The molecule has 140 valence electrons. The van der Waals surface area contributed by atoms with E-state index in [0.717, 1.165) is 24.2 Å². The number of benzene rings is 1. The summed E-state index contributed by atoms with van der Waals surface area (Å²) in [7, 11) is 1.66. The molecule has 1 saturated heterocycles. The highest BCUT2D eigenvalue weighted by Crippen LogP contribution is 2.37. The van der Waals surface area contributed by atoms with Crippen molar-refractivity contribution in [1.29, 1.82) is 0 Å². The summed E-state index contributed by atoms with van der Waals surface area (Å²) in [5.74, 6) is 0.892. The third-order valence-corrected chi connectivity index (χ3v) is 4.65. The maximum atomic E-state index is 6.12. The van der Waals surface area contributed by atoms with E-state index < -0.39 is 0 Å². The number of hydrogen-bond donors (Lipinski definition) is 2. The molecule has 6 nitrogen and oxygen atoms in total. The zero-order valence-corrected chi connectivity index (χ0v) is 17.0. The topological polar surface area (TPSA) is 78.1 Å². The molecule has 2 aliphatic rings. The van der Waals surface area contributed by atoms with Crippen LogP contribution in [-0.2, 0) is 16.0 Å². The molecule has 0 aromatic heterocycles. The van der Waals surface area contributed by atoms with E-state index in [-0.39, 0.29) is 35.9 Å². The molecule has 1 saturated carbocycles. The van der Waals surface area contributed by atoms with Crippen LogP contribution in [0.25, 0.3) is 0 Å². The molecule has 1 aliphatic heterocycles. The molecule has 7 heteroatoms. The van der Waals surface area contributed by atoms with Crippen LogP contribution in [-0.4, -0.2) is 38.1 Å². The predicted molar refractivity (Wildman–Crippen MR) is 108 cm³/mol. The number of para-hydroxylation sites is 1. The normalized spacial score (nSPS) is 22.4. The Balaban J connectivity index is 0.00000225. The zero-order chi connectivity index (χ0) is 16.8. The van der Waals surface area contributed by atoms with Crippen molar-refractivity contribution in [1.82, 2.24) is 5.32 Å². The number of aliphatic imine (C=N–C) groups is 1. The van der Waals surface area contributed by atoms with E-state index in [2.05, 4.69) is 10.3 Å². The highest BCUT2D eigenvalue weighted by Gasteiger charge is 2.41. The number of nitrogens with one attached hydrogen (secondary N) is 1. The largest absolute Gasteiger partial charge is 0.496 e. The molecular formula is C18H28IN3O3. The third-order valence-electron chi connectivity index (χ3n) is 4.65. The number of rotatable bonds is 5. The first kappa shape index (κ1) is 20.3. The van der Waals surface area contributed by atoms with Gasteiger partial charge in [-0.1, -0.05) is 24.6 Å². The number of guanidine groups is 1. The number of nitrogens with zero attached hydrogens (tertiary/aromatic N) is 1. The third kappa shape index (κ3) is 5.46. The molecule has 3 rings (SSSR count). The van der Waals surface area contributed by atoms with Gasteiger partial charge in [0.25, 0.3) is 0 Å². The van der Waals surface area contributed by atoms with Gasteiger partial charge in [0.15, 0.2) is 11.7 Å². The highest BCUT2D eigenvalue weighted by atomic mass is 127. The molecule has 1 aromatic rings. The van der Waals surface area contributed by atoms with Gasteiger partial charge >= 0.3 is 0 Å². The summed E-state index contributed by atoms with van der Waals surface area (Å²) in [6.45, 7) is 1.71. The smallest absolute Gasteiger partial charge is 0.189 e. The second-order valence-electron chi connectivity index (χ2n) is 6.42. The Morgan fingerprint density at radius 2 is 2.08 bits per heavy atom. The first-order chi connectivity index (χ1) is 11.7. The minimum absolute atomic E-state index is 0. The molecule has 0 amide bonds. The van der Waals surface area contributed by atoms with E-state index in [1.54, 1.807) is 7.11 Å².